The molecule has 5 nitrogen and oxygen atoms in total. The summed E-state index contributed by atoms with van der Waals surface area (Å²) in [6.07, 6.45) is 3.62. The smallest absolute Gasteiger partial charge is 0.255 e. The highest BCUT2D eigenvalue weighted by molar-refractivity contribution is 6.07. The first-order valence-corrected chi connectivity index (χ1v) is 9.03. The highest BCUT2D eigenvalue weighted by Crippen LogP contribution is 2.28. The molecule has 0 bridgehead atoms. The van der Waals surface area contributed by atoms with E-state index in [1.54, 1.807) is 38.4 Å². The predicted octanol–water partition coefficient (Wildman–Crippen LogP) is 3.63. The summed E-state index contributed by atoms with van der Waals surface area (Å²) in [5.41, 5.74) is 2.85. The highest BCUT2D eigenvalue weighted by Gasteiger charge is 2.17. The number of piperidine rings is 1. The molecule has 3 rings (SSSR count). The van der Waals surface area contributed by atoms with Crippen molar-refractivity contribution in [1.29, 1.82) is 0 Å². The summed E-state index contributed by atoms with van der Waals surface area (Å²) in [4.78, 5) is 28.7. The molecular formula is C21H25N3O2. The number of hydrogen-bond donors (Lipinski definition) is 1. The van der Waals surface area contributed by atoms with Gasteiger partial charge in [0.25, 0.3) is 11.8 Å². The maximum Gasteiger partial charge on any atom is 0.255 e. The molecule has 1 aliphatic rings. The second-order valence-corrected chi connectivity index (χ2v) is 6.80. The van der Waals surface area contributed by atoms with E-state index in [4.69, 9.17) is 0 Å². The van der Waals surface area contributed by atoms with E-state index >= 15 is 0 Å². The number of para-hydroxylation sites is 2. The Morgan fingerprint density at radius 3 is 2.35 bits per heavy atom. The molecule has 1 aliphatic heterocycles. The van der Waals surface area contributed by atoms with E-state index in [2.05, 4.69) is 10.2 Å². The number of anilines is 2. The number of nitrogens with one attached hydrogen (secondary N) is 1. The molecule has 0 saturated carbocycles. The second-order valence-electron chi connectivity index (χ2n) is 6.80. The molecule has 1 N–H and O–H groups in total. The summed E-state index contributed by atoms with van der Waals surface area (Å²) in [7, 11) is 3.40. The highest BCUT2D eigenvalue weighted by atomic mass is 16.2. The Hall–Kier alpha value is -2.82. The van der Waals surface area contributed by atoms with Crippen LogP contribution in [0.25, 0.3) is 0 Å². The Morgan fingerprint density at radius 1 is 0.923 bits per heavy atom. The van der Waals surface area contributed by atoms with Crippen molar-refractivity contribution in [2.45, 2.75) is 19.3 Å². The van der Waals surface area contributed by atoms with E-state index in [0.717, 1.165) is 24.5 Å². The fourth-order valence-electron chi connectivity index (χ4n) is 3.24. The van der Waals surface area contributed by atoms with Crippen molar-refractivity contribution in [2.75, 3.05) is 37.4 Å². The van der Waals surface area contributed by atoms with Gasteiger partial charge < -0.3 is 15.1 Å². The van der Waals surface area contributed by atoms with Crippen molar-refractivity contribution in [3.8, 4) is 0 Å². The van der Waals surface area contributed by atoms with E-state index in [0.29, 0.717) is 11.1 Å². The number of hydrogen-bond acceptors (Lipinski definition) is 3. The zero-order valence-electron chi connectivity index (χ0n) is 15.4. The Balaban J connectivity index is 1.80. The van der Waals surface area contributed by atoms with Crippen LogP contribution in [0.2, 0.25) is 0 Å². The molecule has 1 heterocycles. The van der Waals surface area contributed by atoms with Gasteiger partial charge in [0, 0.05) is 38.3 Å². The van der Waals surface area contributed by atoms with Crippen molar-refractivity contribution < 1.29 is 9.59 Å². The molecule has 0 aromatic heterocycles. The normalized spacial score (nSPS) is 14.0. The minimum absolute atomic E-state index is 0.117. The van der Waals surface area contributed by atoms with Gasteiger partial charge in [0.1, 0.15) is 0 Å². The SMILES string of the molecule is CN(C)C(=O)c1cccc(C(=O)Nc2ccccc2N2CCCCC2)c1. The molecule has 0 unspecified atom stereocenters. The molecule has 2 amide bonds. The first kappa shape index (κ1) is 18.0. The van der Waals surface area contributed by atoms with Gasteiger partial charge >= 0.3 is 0 Å². The van der Waals surface area contributed by atoms with Gasteiger partial charge in [-0.2, -0.15) is 0 Å². The van der Waals surface area contributed by atoms with Gasteiger partial charge in [-0.25, -0.2) is 0 Å². The van der Waals surface area contributed by atoms with Crippen LogP contribution in [-0.2, 0) is 0 Å². The molecule has 0 atom stereocenters. The topological polar surface area (TPSA) is 52.7 Å². The Morgan fingerprint density at radius 2 is 1.62 bits per heavy atom. The number of carbonyl (C=O) groups excluding carboxylic acids is 2. The van der Waals surface area contributed by atoms with Gasteiger partial charge in [-0.3, -0.25) is 9.59 Å². The predicted molar refractivity (Wildman–Crippen MR) is 105 cm³/mol. The minimum Gasteiger partial charge on any atom is -0.370 e. The molecular weight excluding hydrogens is 326 g/mol. The third kappa shape index (κ3) is 4.04. The quantitative estimate of drug-likeness (QED) is 0.915. The molecule has 5 heteroatoms. The summed E-state index contributed by atoms with van der Waals surface area (Å²) in [6, 6.07) is 14.7. The average molecular weight is 351 g/mol. The Kier molecular flexibility index (Phi) is 5.56. The lowest BCUT2D eigenvalue weighted by Crippen LogP contribution is -2.30. The number of carbonyl (C=O) groups is 2. The minimum atomic E-state index is -0.206. The van der Waals surface area contributed by atoms with Gasteiger partial charge in [-0.1, -0.05) is 18.2 Å². The van der Waals surface area contributed by atoms with Crippen LogP contribution in [0.3, 0.4) is 0 Å². The van der Waals surface area contributed by atoms with E-state index in [1.165, 1.54) is 24.2 Å². The first-order valence-electron chi connectivity index (χ1n) is 9.03. The maximum absolute atomic E-state index is 12.7. The van der Waals surface area contributed by atoms with E-state index in [-0.39, 0.29) is 11.8 Å². The van der Waals surface area contributed by atoms with Crippen LogP contribution >= 0.6 is 0 Å². The summed E-state index contributed by atoms with van der Waals surface area (Å²) in [5.74, 6) is -0.323. The molecule has 0 spiro atoms. The third-order valence-electron chi connectivity index (χ3n) is 4.63. The van der Waals surface area contributed by atoms with Crippen LogP contribution in [0.15, 0.2) is 48.5 Å². The molecule has 1 saturated heterocycles. The Labute approximate surface area is 154 Å². The number of amides is 2. The van der Waals surface area contributed by atoms with Crippen LogP contribution in [0.1, 0.15) is 40.0 Å². The van der Waals surface area contributed by atoms with E-state index < -0.39 is 0 Å². The van der Waals surface area contributed by atoms with Crippen LogP contribution < -0.4 is 10.2 Å². The van der Waals surface area contributed by atoms with Crippen LogP contribution in [-0.4, -0.2) is 43.9 Å². The molecule has 26 heavy (non-hydrogen) atoms. The number of rotatable bonds is 4. The maximum atomic E-state index is 12.7. The van der Waals surface area contributed by atoms with E-state index in [1.807, 2.05) is 24.3 Å². The van der Waals surface area contributed by atoms with Crippen LogP contribution in [0.4, 0.5) is 11.4 Å². The summed E-state index contributed by atoms with van der Waals surface area (Å²) in [5, 5.41) is 3.01. The molecule has 136 valence electrons. The lowest BCUT2D eigenvalue weighted by Gasteiger charge is -2.30. The standard InChI is InChI=1S/C21H25N3O2/c1-23(2)21(26)17-10-8-9-16(15-17)20(25)22-18-11-4-5-12-19(18)24-13-6-3-7-14-24/h4-5,8-12,15H,3,6-7,13-14H2,1-2H3,(H,22,25). The summed E-state index contributed by atoms with van der Waals surface area (Å²) < 4.78 is 0. The fraction of sp³-hybridized carbons (Fsp3) is 0.333. The monoisotopic (exact) mass is 351 g/mol. The largest absolute Gasteiger partial charge is 0.370 e. The molecule has 0 aliphatic carbocycles. The van der Waals surface area contributed by atoms with Crippen molar-refractivity contribution in [1.82, 2.24) is 4.90 Å². The van der Waals surface area contributed by atoms with Crippen molar-refractivity contribution in [3.05, 3.63) is 59.7 Å². The van der Waals surface area contributed by atoms with Gasteiger partial charge in [0.15, 0.2) is 0 Å². The fourth-order valence-corrected chi connectivity index (χ4v) is 3.24. The number of benzene rings is 2. The van der Waals surface area contributed by atoms with Gasteiger partial charge in [-0.15, -0.1) is 0 Å². The second kappa shape index (κ2) is 8.04. The molecule has 2 aromatic carbocycles. The molecule has 2 aromatic rings. The third-order valence-corrected chi connectivity index (χ3v) is 4.63. The summed E-state index contributed by atoms with van der Waals surface area (Å²) >= 11 is 0. The van der Waals surface area contributed by atoms with Crippen LogP contribution in [0, 0.1) is 0 Å². The van der Waals surface area contributed by atoms with Crippen molar-refractivity contribution in [2.24, 2.45) is 0 Å². The lowest BCUT2D eigenvalue weighted by atomic mass is 10.1. The number of nitrogens with zero attached hydrogens (tertiary/aromatic N) is 2. The average Bonchev–Trinajstić information content (AvgIpc) is 2.68. The molecule has 0 radical (unpaired) electrons. The summed E-state index contributed by atoms with van der Waals surface area (Å²) in [6.45, 7) is 2.03. The van der Waals surface area contributed by atoms with Crippen LogP contribution in [0.5, 0.6) is 0 Å². The van der Waals surface area contributed by atoms with Crippen molar-refractivity contribution in [3.63, 3.8) is 0 Å². The van der Waals surface area contributed by atoms with Gasteiger partial charge in [-0.05, 0) is 49.6 Å². The van der Waals surface area contributed by atoms with E-state index in [9.17, 15) is 9.59 Å². The van der Waals surface area contributed by atoms with Gasteiger partial charge in [0.05, 0.1) is 11.4 Å². The van der Waals surface area contributed by atoms with Crippen molar-refractivity contribution >= 4 is 23.2 Å². The lowest BCUT2D eigenvalue weighted by molar-refractivity contribution is 0.0827. The molecule has 1 fully saturated rings. The zero-order chi connectivity index (χ0) is 18.5. The first-order chi connectivity index (χ1) is 12.6. The van der Waals surface area contributed by atoms with Gasteiger partial charge in [0.2, 0.25) is 0 Å². The zero-order valence-corrected chi connectivity index (χ0v) is 15.4. The Bertz CT molecular complexity index is 795.